The lowest BCUT2D eigenvalue weighted by atomic mass is 10.1. The maximum Gasteiger partial charge on any atom is 0.316 e. The van der Waals surface area contributed by atoms with Crippen molar-refractivity contribution in [2.45, 2.75) is 32.1 Å². The van der Waals surface area contributed by atoms with E-state index in [-0.39, 0.29) is 28.8 Å². The number of carbonyl (C=O) groups excluding carboxylic acids is 1. The van der Waals surface area contributed by atoms with Crippen LogP contribution in [0.15, 0.2) is 24.3 Å². The van der Waals surface area contributed by atoms with Crippen molar-refractivity contribution in [2.75, 3.05) is 5.75 Å². The summed E-state index contributed by atoms with van der Waals surface area (Å²) in [4.78, 5) is 21.7. The number of nitro groups is 1. The SMILES string of the molecule is CC(C)OC(=O)CSC(C)c1cccc([N+](=O)[O-])c1. The van der Waals surface area contributed by atoms with Crippen molar-refractivity contribution in [2.24, 2.45) is 0 Å². The van der Waals surface area contributed by atoms with E-state index in [2.05, 4.69) is 0 Å². The van der Waals surface area contributed by atoms with Crippen molar-refractivity contribution in [3.63, 3.8) is 0 Å². The lowest BCUT2D eigenvalue weighted by molar-refractivity contribution is -0.384. The Bertz CT molecular complexity index is 462. The van der Waals surface area contributed by atoms with Gasteiger partial charge in [-0.15, -0.1) is 11.8 Å². The van der Waals surface area contributed by atoms with Crippen LogP contribution >= 0.6 is 11.8 Å². The van der Waals surface area contributed by atoms with Crippen molar-refractivity contribution in [1.82, 2.24) is 0 Å². The number of non-ortho nitro benzene ring substituents is 1. The molecule has 0 bridgehead atoms. The van der Waals surface area contributed by atoms with Crippen molar-refractivity contribution in [3.05, 3.63) is 39.9 Å². The number of esters is 1. The zero-order valence-corrected chi connectivity index (χ0v) is 12.0. The average Bonchev–Trinajstić information content (AvgIpc) is 2.35. The second-order valence-corrected chi connectivity index (χ2v) is 5.67. The number of ether oxygens (including phenoxy) is 1. The Labute approximate surface area is 116 Å². The van der Waals surface area contributed by atoms with Crippen LogP contribution < -0.4 is 0 Å². The predicted molar refractivity (Wildman–Crippen MR) is 75.2 cm³/mol. The fraction of sp³-hybridized carbons (Fsp3) is 0.462. The summed E-state index contributed by atoms with van der Waals surface area (Å²) in [6, 6.07) is 6.45. The van der Waals surface area contributed by atoms with E-state index in [1.54, 1.807) is 19.9 Å². The van der Waals surface area contributed by atoms with Gasteiger partial charge in [0.1, 0.15) is 0 Å². The van der Waals surface area contributed by atoms with Crippen LogP contribution in [0.1, 0.15) is 31.6 Å². The van der Waals surface area contributed by atoms with Gasteiger partial charge in [0.15, 0.2) is 0 Å². The molecule has 1 rings (SSSR count). The fourth-order valence-electron chi connectivity index (χ4n) is 1.48. The molecule has 0 fully saturated rings. The molecule has 104 valence electrons. The third kappa shape index (κ3) is 5.30. The normalized spacial score (nSPS) is 12.2. The molecule has 1 atom stereocenters. The zero-order chi connectivity index (χ0) is 14.4. The highest BCUT2D eigenvalue weighted by Crippen LogP contribution is 2.30. The van der Waals surface area contributed by atoms with Gasteiger partial charge in [0.2, 0.25) is 0 Å². The first kappa shape index (κ1) is 15.5. The average molecular weight is 283 g/mol. The van der Waals surface area contributed by atoms with Gasteiger partial charge < -0.3 is 4.74 Å². The number of nitro benzene ring substituents is 1. The molecule has 0 aliphatic heterocycles. The summed E-state index contributed by atoms with van der Waals surface area (Å²) in [6.45, 7) is 5.51. The van der Waals surface area contributed by atoms with Gasteiger partial charge >= 0.3 is 5.97 Å². The van der Waals surface area contributed by atoms with E-state index in [0.717, 1.165) is 5.56 Å². The molecule has 0 aliphatic carbocycles. The van der Waals surface area contributed by atoms with E-state index >= 15 is 0 Å². The molecule has 1 aromatic rings. The van der Waals surface area contributed by atoms with Gasteiger partial charge in [-0.05, 0) is 26.3 Å². The molecule has 1 unspecified atom stereocenters. The highest BCUT2D eigenvalue weighted by Gasteiger charge is 2.14. The molecule has 0 heterocycles. The number of hydrogen-bond donors (Lipinski definition) is 0. The Morgan fingerprint density at radius 3 is 2.68 bits per heavy atom. The first-order valence-electron chi connectivity index (χ1n) is 5.95. The van der Waals surface area contributed by atoms with Crippen LogP contribution in [-0.2, 0) is 9.53 Å². The van der Waals surface area contributed by atoms with Gasteiger partial charge in [-0.25, -0.2) is 0 Å². The largest absolute Gasteiger partial charge is 0.462 e. The van der Waals surface area contributed by atoms with Crippen molar-refractivity contribution in [3.8, 4) is 0 Å². The minimum Gasteiger partial charge on any atom is -0.462 e. The van der Waals surface area contributed by atoms with Crippen molar-refractivity contribution < 1.29 is 14.5 Å². The van der Waals surface area contributed by atoms with E-state index in [9.17, 15) is 14.9 Å². The number of rotatable bonds is 6. The molecule has 6 heteroatoms. The monoisotopic (exact) mass is 283 g/mol. The molecule has 0 saturated heterocycles. The summed E-state index contributed by atoms with van der Waals surface area (Å²) in [6.07, 6.45) is -0.124. The summed E-state index contributed by atoms with van der Waals surface area (Å²) in [5.74, 6) is -0.0283. The molecular weight excluding hydrogens is 266 g/mol. The van der Waals surface area contributed by atoms with Crippen LogP contribution in [0.4, 0.5) is 5.69 Å². The number of nitrogens with zero attached hydrogens (tertiary/aromatic N) is 1. The quantitative estimate of drug-likeness (QED) is 0.455. The third-order valence-electron chi connectivity index (χ3n) is 2.37. The van der Waals surface area contributed by atoms with Crippen LogP contribution in [0, 0.1) is 10.1 Å². The summed E-state index contributed by atoms with van der Waals surface area (Å²) in [5.41, 5.74) is 0.895. The minimum atomic E-state index is -0.423. The van der Waals surface area contributed by atoms with Gasteiger partial charge in [-0.3, -0.25) is 14.9 Å². The van der Waals surface area contributed by atoms with Crippen LogP contribution in [0.3, 0.4) is 0 Å². The Morgan fingerprint density at radius 2 is 2.11 bits per heavy atom. The highest BCUT2D eigenvalue weighted by molar-refractivity contribution is 8.00. The number of carbonyl (C=O) groups is 1. The van der Waals surface area contributed by atoms with Crippen LogP contribution in [0.25, 0.3) is 0 Å². The molecule has 0 aromatic heterocycles. The summed E-state index contributed by atoms with van der Waals surface area (Å²) in [5, 5.41) is 10.7. The van der Waals surface area contributed by atoms with E-state index < -0.39 is 4.92 Å². The first-order chi connectivity index (χ1) is 8.90. The second-order valence-electron chi connectivity index (χ2n) is 4.34. The highest BCUT2D eigenvalue weighted by atomic mass is 32.2. The lowest BCUT2D eigenvalue weighted by Gasteiger charge is -2.12. The van der Waals surface area contributed by atoms with Gasteiger partial charge in [-0.2, -0.15) is 0 Å². The molecular formula is C13H17NO4S. The van der Waals surface area contributed by atoms with Gasteiger partial charge in [0.05, 0.1) is 16.8 Å². The third-order valence-corrected chi connectivity index (χ3v) is 3.54. The molecule has 5 nitrogen and oxygen atoms in total. The Morgan fingerprint density at radius 1 is 1.42 bits per heavy atom. The van der Waals surface area contributed by atoms with Gasteiger partial charge in [-0.1, -0.05) is 12.1 Å². The summed E-state index contributed by atoms with van der Waals surface area (Å²) in [7, 11) is 0. The molecule has 19 heavy (non-hydrogen) atoms. The standard InChI is InChI=1S/C13H17NO4S/c1-9(2)18-13(15)8-19-10(3)11-5-4-6-12(7-11)14(16)17/h4-7,9-10H,8H2,1-3H3. The number of hydrogen-bond acceptors (Lipinski definition) is 5. The van der Waals surface area contributed by atoms with E-state index in [0.29, 0.717) is 0 Å². The van der Waals surface area contributed by atoms with Crippen LogP contribution in [0.5, 0.6) is 0 Å². The molecule has 1 aromatic carbocycles. The smallest absolute Gasteiger partial charge is 0.316 e. The maximum atomic E-state index is 11.4. The zero-order valence-electron chi connectivity index (χ0n) is 11.2. The Kier molecular flexibility index (Phi) is 5.82. The lowest BCUT2D eigenvalue weighted by Crippen LogP contribution is -2.13. The van der Waals surface area contributed by atoms with E-state index in [1.807, 2.05) is 13.0 Å². The van der Waals surface area contributed by atoms with Gasteiger partial charge in [0.25, 0.3) is 5.69 Å². The van der Waals surface area contributed by atoms with Crippen molar-refractivity contribution in [1.29, 1.82) is 0 Å². The summed E-state index contributed by atoms with van der Waals surface area (Å²) < 4.78 is 5.03. The minimum absolute atomic E-state index is 0.000359. The summed E-state index contributed by atoms with van der Waals surface area (Å²) >= 11 is 1.40. The van der Waals surface area contributed by atoms with Crippen molar-refractivity contribution >= 4 is 23.4 Å². The number of benzene rings is 1. The van der Waals surface area contributed by atoms with E-state index in [4.69, 9.17) is 4.74 Å². The predicted octanol–water partition coefficient (Wildman–Crippen LogP) is 3.34. The Balaban J connectivity index is 2.58. The Hall–Kier alpha value is -1.56. The molecule has 0 spiro atoms. The number of thioether (sulfide) groups is 1. The second kappa shape index (κ2) is 7.13. The molecule has 0 amide bonds. The maximum absolute atomic E-state index is 11.4. The van der Waals surface area contributed by atoms with Gasteiger partial charge in [0, 0.05) is 17.4 Å². The molecule has 0 aliphatic rings. The van der Waals surface area contributed by atoms with E-state index in [1.165, 1.54) is 23.9 Å². The van der Waals surface area contributed by atoms with Crippen LogP contribution in [-0.4, -0.2) is 22.7 Å². The van der Waals surface area contributed by atoms with Crippen LogP contribution in [0.2, 0.25) is 0 Å². The first-order valence-corrected chi connectivity index (χ1v) is 7.00. The molecule has 0 N–H and O–H groups in total. The fourth-order valence-corrected chi connectivity index (χ4v) is 2.27. The topological polar surface area (TPSA) is 69.4 Å². The molecule has 0 radical (unpaired) electrons. The molecule has 0 saturated carbocycles.